The molecule has 2 rings (SSSR count). The summed E-state index contributed by atoms with van der Waals surface area (Å²) in [6, 6.07) is 3.89. The SMILES string of the molecule is Cc1cnc(NN=Cc2cccs2)[nH]c1=O. The van der Waals surface area contributed by atoms with Gasteiger partial charge in [0, 0.05) is 16.6 Å². The molecule has 2 heterocycles. The van der Waals surface area contributed by atoms with Gasteiger partial charge in [-0.3, -0.25) is 9.78 Å². The summed E-state index contributed by atoms with van der Waals surface area (Å²) in [6.07, 6.45) is 3.17. The Morgan fingerprint density at radius 2 is 2.50 bits per heavy atom. The third-order valence-corrected chi connectivity index (χ3v) is 2.69. The van der Waals surface area contributed by atoms with Crippen LogP contribution in [0.1, 0.15) is 10.4 Å². The molecule has 0 bridgehead atoms. The number of nitrogens with one attached hydrogen (secondary N) is 2. The first-order chi connectivity index (χ1) is 7.75. The molecule has 0 unspecified atom stereocenters. The predicted octanol–water partition coefficient (Wildman–Crippen LogP) is 1.59. The van der Waals surface area contributed by atoms with E-state index in [0.29, 0.717) is 11.5 Å². The van der Waals surface area contributed by atoms with Crippen molar-refractivity contribution in [1.29, 1.82) is 0 Å². The topological polar surface area (TPSA) is 70.1 Å². The molecule has 0 aliphatic rings. The molecular weight excluding hydrogens is 224 g/mol. The van der Waals surface area contributed by atoms with Gasteiger partial charge in [0.1, 0.15) is 0 Å². The van der Waals surface area contributed by atoms with Crippen molar-refractivity contribution in [2.45, 2.75) is 6.92 Å². The zero-order valence-corrected chi connectivity index (χ0v) is 9.41. The smallest absolute Gasteiger partial charge is 0.255 e. The molecular formula is C10H10N4OS. The fourth-order valence-electron chi connectivity index (χ4n) is 1.04. The minimum atomic E-state index is -0.163. The molecule has 0 spiro atoms. The van der Waals surface area contributed by atoms with Crippen molar-refractivity contribution >= 4 is 23.5 Å². The summed E-state index contributed by atoms with van der Waals surface area (Å²) < 4.78 is 0. The number of rotatable bonds is 3. The van der Waals surface area contributed by atoms with E-state index < -0.39 is 0 Å². The van der Waals surface area contributed by atoms with Crippen molar-refractivity contribution in [3.05, 3.63) is 44.5 Å². The Kier molecular flexibility index (Phi) is 3.11. The zero-order chi connectivity index (χ0) is 11.4. The molecule has 0 saturated carbocycles. The number of hydrogen-bond donors (Lipinski definition) is 2. The van der Waals surface area contributed by atoms with Gasteiger partial charge in [-0.2, -0.15) is 5.10 Å². The molecule has 2 N–H and O–H groups in total. The average Bonchev–Trinajstić information content (AvgIpc) is 2.76. The molecule has 0 aliphatic carbocycles. The highest BCUT2D eigenvalue weighted by atomic mass is 32.1. The Labute approximate surface area is 95.9 Å². The molecule has 6 heteroatoms. The molecule has 2 aromatic rings. The molecule has 82 valence electrons. The normalized spacial score (nSPS) is 10.8. The van der Waals surface area contributed by atoms with Gasteiger partial charge in [0.15, 0.2) is 0 Å². The quantitative estimate of drug-likeness (QED) is 0.625. The molecule has 0 radical (unpaired) electrons. The first-order valence-electron chi connectivity index (χ1n) is 4.64. The van der Waals surface area contributed by atoms with Crippen LogP contribution in [-0.2, 0) is 0 Å². The van der Waals surface area contributed by atoms with Crippen molar-refractivity contribution < 1.29 is 0 Å². The van der Waals surface area contributed by atoms with E-state index in [1.165, 1.54) is 6.20 Å². The summed E-state index contributed by atoms with van der Waals surface area (Å²) in [4.78, 5) is 18.8. The molecule has 2 aromatic heterocycles. The van der Waals surface area contributed by atoms with Crippen LogP contribution in [0.2, 0.25) is 0 Å². The third-order valence-electron chi connectivity index (χ3n) is 1.88. The van der Waals surface area contributed by atoms with Gasteiger partial charge in [0.2, 0.25) is 5.95 Å². The lowest BCUT2D eigenvalue weighted by atomic mass is 10.4. The van der Waals surface area contributed by atoms with Crippen LogP contribution >= 0.6 is 11.3 Å². The molecule has 0 saturated heterocycles. The van der Waals surface area contributed by atoms with Crippen molar-refractivity contribution in [3.8, 4) is 0 Å². The average molecular weight is 234 g/mol. The summed E-state index contributed by atoms with van der Waals surface area (Å²) >= 11 is 1.58. The van der Waals surface area contributed by atoms with Gasteiger partial charge in [-0.15, -0.1) is 11.3 Å². The second kappa shape index (κ2) is 4.71. The van der Waals surface area contributed by atoms with Gasteiger partial charge in [0.05, 0.1) is 6.21 Å². The number of H-pyrrole nitrogens is 1. The van der Waals surface area contributed by atoms with E-state index in [4.69, 9.17) is 0 Å². The molecule has 0 amide bonds. The van der Waals surface area contributed by atoms with E-state index in [-0.39, 0.29) is 5.56 Å². The van der Waals surface area contributed by atoms with Crippen molar-refractivity contribution in [2.24, 2.45) is 5.10 Å². The minimum Gasteiger partial charge on any atom is -0.291 e. The van der Waals surface area contributed by atoms with Gasteiger partial charge in [-0.05, 0) is 18.4 Å². The second-order valence-electron chi connectivity index (χ2n) is 3.13. The summed E-state index contributed by atoms with van der Waals surface area (Å²) in [5, 5.41) is 5.92. The third kappa shape index (κ3) is 2.54. The number of aromatic nitrogens is 2. The fourth-order valence-corrected chi connectivity index (χ4v) is 1.62. The molecule has 0 aliphatic heterocycles. The summed E-state index contributed by atoms with van der Waals surface area (Å²) in [7, 11) is 0. The zero-order valence-electron chi connectivity index (χ0n) is 8.60. The summed E-state index contributed by atoms with van der Waals surface area (Å²) in [5.74, 6) is 0.336. The number of hydrogen-bond acceptors (Lipinski definition) is 5. The van der Waals surface area contributed by atoms with E-state index in [1.54, 1.807) is 24.5 Å². The Bertz CT molecular complexity index is 544. The minimum absolute atomic E-state index is 0.163. The number of aryl methyl sites for hydroxylation is 1. The number of anilines is 1. The first kappa shape index (κ1) is 10.6. The maximum Gasteiger partial charge on any atom is 0.255 e. The maximum atomic E-state index is 11.2. The van der Waals surface area contributed by atoms with Gasteiger partial charge in [-0.1, -0.05) is 6.07 Å². The van der Waals surface area contributed by atoms with Crippen LogP contribution < -0.4 is 11.0 Å². The number of aromatic amines is 1. The standard InChI is InChI=1S/C10H10N4OS/c1-7-5-11-10(13-9(7)15)14-12-6-8-3-2-4-16-8/h2-6H,1H3,(H2,11,13,14,15). The second-order valence-corrected chi connectivity index (χ2v) is 4.11. The van der Waals surface area contributed by atoms with E-state index in [0.717, 1.165) is 4.88 Å². The lowest BCUT2D eigenvalue weighted by Crippen LogP contribution is -2.12. The van der Waals surface area contributed by atoms with E-state index in [1.807, 2.05) is 17.5 Å². The molecule has 0 fully saturated rings. The number of nitrogens with zero attached hydrogens (tertiary/aromatic N) is 2. The van der Waals surface area contributed by atoms with Gasteiger partial charge in [-0.25, -0.2) is 10.4 Å². The van der Waals surface area contributed by atoms with E-state index >= 15 is 0 Å². The molecule has 5 nitrogen and oxygen atoms in total. The van der Waals surface area contributed by atoms with Crippen LogP contribution in [0.5, 0.6) is 0 Å². The van der Waals surface area contributed by atoms with Crippen LogP contribution in [-0.4, -0.2) is 16.2 Å². The van der Waals surface area contributed by atoms with Gasteiger partial charge >= 0.3 is 0 Å². The Hall–Kier alpha value is -1.95. The molecule has 0 aromatic carbocycles. The molecule has 0 atom stereocenters. The van der Waals surface area contributed by atoms with Crippen LogP contribution in [0.4, 0.5) is 5.95 Å². The van der Waals surface area contributed by atoms with Crippen LogP contribution in [0.3, 0.4) is 0 Å². The monoisotopic (exact) mass is 234 g/mol. The van der Waals surface area contributed by atoms with E-state index in [9.17, 15) is 4.79 Å². The van der Waals surface area contributed by atoms with Crippen molar-refractivity contribution in [2.75, 3.05) is 5.43 Å². The first-order valence-corrected chi connectivity index (χ1v) is 5.52. The fraction of sp³-hybridized carbons (Fsp3) is 0.100. The van der Waals surface area contributed by atoms with Crippen molar-refractivity contribution in [3.63, 3.8) is 0 Å². The summed E-state index contributed by atoms with van der Waals surface area (Å²) in [5.41, 5.74) is 3.07. The Balaban J connectivity index is 2.05. The maximum absolute atomic E-state index is 11.2. The lowest BCUT2D eigenvalue weighted by molar-refractivity contribution is 1.05. The summed E-state index contributed by atoms with van der Waals surface area (Å²) in [6.45, 7) is 1.70. The van der Waals surface area contributed by atoms with Crippen LogP contribution in [0.25, 0.3) is 0 Å². The van der Waals surface area contributed by atoms with Crippen LogP contribution in [0.15, 0.2) is 33.6 Å². The Morgan fingerprint density at radius 1 is 1.62 bits per heavy atom. The lowest BCUT2D eigenvalue weighted by Gasteiger charge is -1.98. The number of thiophene rings is 1. The largest absolute Gasteiger partial charge is 0.291 e. The highest BCUT2D eigenvalue weighted by Crippen LogP contribution is 2.04. The van der Waals surface area contributed by atoms with Gasteiger partial charge in [0.25, 0.3) is 5.56 Å². The van der Waals surface area contributed by atoms with Gasteiger partial charge < -0.3 is 0 Å². The Morgan fingerprint density at radius 3 is 3.19 bits per heavy atom. The highest BCUT2D eigenvalue weighted by Gasteiger charge is 1.95. The van der Waals surface area contributed by atoms with E-state index in [2.05, 4.69) is 20.5 Å². The number of hydrazone groups is 1. The van der Waals surface area contributed by atoms with Crippen LogP contribution in [0, 0.1) is 6.92 Å². The molecule has 16 heavy (non-hydrogen) atoms. The highest BCUT2D eigenvalue weighted by molar-refractivity contribution is 7.11. The van der Waals surface area contributed by atoms with Crippen molar-refractivity contribution in [1.82, 2.24) is 9.97 Å². The predicted molar refractivity (Wildman–Crippen MR) is 65.1 cm³/mol.